The third-order valence-electron chi connectivity index (χ3n) is 5.65. The Kier molecular flexibility index (Phi) is 7.33. The SMILES string of the molecule is Cc1ccc(-n2c(CNC(=O)Nc3ccc(C)cc3C)nnc2SCc2ccccc2C)cc1. The quantitative estimate of drug-likeness (QED) is 0.319. The zero-order valence-corrected chi connectivity index (χ0v) is 20.7. The van der Waals surface area contributed by atoms with Crippen LogP contribution in [0.25, 0.3) is 5.69 Å². The van der Waals surface area contributed by atoms with Crippen LogP contribution in [-0.4, -0.2) is 20.8 Å². The topological polar surface area (TPSA) is 71.8 Å². The number of benzene rings is 3. The minimum atomic E-state index is -0.278. The normalized spacial score (nSPS) is 10.8. The summed E-state index contributed by atoms with van der Waals surface area (Å²) in [6, 6.07) is 22.2. The summed E-state index contributed by atoms with van der Waals surface area (Å²) in [5, 5.41) is 15.5. The van der Waals surface area contributed by atoms with Crippen LogP contribution in [0.2, 0.25) is 0 Å². The van der Waals surface area contributed by atoms with Gasteiger partial charge in [0, 0.05) is 17.1 Å². The number of anilines is 1. The van der Waals surface area contributed by atoms with Crippen molar-refractivity contribution in [2.45, 2.75) is 45.1 Å². The molecule has 4 aromatic rings. The summed E-state index contributed by atoms with van der Waals surface area (Å²) in [5.41, 5.74) is 7.63. The number of nitrogens with zero attached hydrogens (tertiary/aromatic N) is 3. The standard InChI is InChI=1S/C27H29N5OS/c1-18-9-12-23(13-10-18)32-25(16-28-26(33)29-24-14-11-19(2)15-21(24)4)30-31-27(32)34-17-22-8-6-5-7-20(22)3/h5-15H,16-17H2,1-4H3,(H2,28,29,33). The van der Waals surface area contributed by atoms with Crippen molar-refractivity contribution in [2.75, 3.05) is 5.32 Å². The smallest absolute Gasteiger partial charge is 0.319 e. The Labute approximate surface area is 204 Å². The maximum absolute atomic E-state index is 12.6. The number of rotatable bonds is 7. The number of hydrogen-bond donors (Lipinski definition) is 2. The molecule has 6 nitrogen and oxygen atoms in total. The van der Waals surface area contributed by atoms with Gasteiger partial charge in [0.2, 0.25) is 0 Å². The van der Waals surface area contributed by atoms with Crippen molar-refractivity contribution in [3.8, 4) is 5.69 Å². The summed E-state index contributed by atoms with van der Waals surface area (Å²) in [6.45, 7) is 8.44. The third kappa shape index (κ3) is 5.66. The summed E-state index contributed by atoms with van der Waals surface area (Å²) in [6.07, 6.45) is 0. The third-order valence-corrected chi connectivity index (χ3v) is 6.63. The van der Waals surface area contributed by atoms with Gasteiger partial charge in [0.25, 0.3) is 0 Å². The van der Waals surface area contributed by atoms with Crippen molar-refractivity contribution in [1.82, 2.24) is 20.1 Å². The molecule has 34 heavy (non-hydrogen) atoms. The van der Waals surface area contributed by atoms with E-state index < -0.39 is 0 Å². The van der Waals surface area contributed by atoms with Crippen LogP contribution < -0.4 is 10.6 Å². The first-order chi connectivity index (χ1) is 16.4. The molecular formula is C27H29N5OS. The van der Waals surface area contributed by atoms with E-state index in [-0.39, 0.29) is 12.6 Å². The first-order valence-electron chi connectivity index (χ1n) is 11.2. The maximum Gasteiger partial charge on any atom is 0.319 e. The van der Waals surface area contributed by atoms with E-state index in [0.717, 1.165) is 33.4 Å². The van der Waals surface area contributed by atoms with Crippen LogP contribution in [0.4, 0.5) is 10.5 Å². The van der Waals surface area contributed by atoms with Gasteiger partial charge in [-0.3, -0.25) is 4.57 Å². The van der Waals surface area contributed by atoms with Gasteiger partial charge >= 0.3 is 6.03 Å². The second-order valence-electron chi connectivity index (χ2n) is 8.41. The van der Waals surface area contributed by atoms with Gasteiger partial charge in [0.15, 0.2) is 11.0 Å². The van der Waals surface area contributed by atoms with E-state index in [1.54, 1.807) is 11.8 Å². The molecule has 0 saturated heterocycles. The van der Waals surface area contributed by atoms with Crippen molar-refractivity contribution >= 4 is 23.5 Å². The highest BCUT2D eigenvalue weighted by molar-refractivity contribution is 7.98. The first kappa shape index (κ1) is 23.6. The van der Waals surface area contributed by atoms with Gasteiger partial charge in [0.05, 0.1) is 6.54 Å². The largest absolute Gasteiger partial charge is 0.331 e. The molecule has 0 radical (unpaired) electrons. The summed E-state index contributed by atoms with van der Waals surface area (Å²) in [7, 11) is 0. The Hall–Kier alpha value is -3.58. The Morgan fingerprint density at radius 3 is 2.35 bits per heavy atom. The molecule has 0 aliphatic rings. The molecule has 0 atom stereocenters. The molecule has 0 fully saturated rings. The second-order valence-corrected chi connectivity index (χ2v) is 9.35. The van der Waals surface area contributed by atoms with Gasteiger partial charge in [-0.1, -0.05) is 71.4 Å². The van der Waals surface area contributed by atoms with Crippen molar-refractivity contribution in [1.29, 1.82) is 0 Å². The van der Waals surface area contributed by atoms with Gasteiger partial charge in [0.1, 0.15) is 0 Å². The van der Waals surface area contributed by atoms with Gasteiger partial charge in [-0.2, -0.15) is 0 Å². The van der Waals surface area contributed by atoms with Crippen LogP contribution in [0.1, 0.15) is 33.6 Å². The number of carbonyl (C=O) groups excluding carboxylic acids is 1. The number of aromatic nitrogens is 3. The van der Waals surface area contributed by atoms with E-state index in [4.69, 9.17) is 0 Å². The molecule has 0 spiro atoms. The van der Waals surface area contributed by atoms with E-state index in [1.165, 1.54) is 16.7 Å². The fraction of sp³-hybridized carbons (Fsp3) is 0.222. The molecule has 2 amide bonds. The zero-order valence-electron chi connectivity index (χ0n) is 19.9. The summed E-state index contributed by atoms with van der Waals surface area (Å²) in [4.78, 5) is 12.6. The Balaban J connectivity index is 1.52. The minimum absolute atomic E-state index is 0.253. The van der Waals surface area contributed by atoms with Crippen molar-refractivity contribution in [2.24, 2.45) is 0 Å². The molecular weight excluding hydrogens is 442 g/mol. The van der Waals surface area contributed by atoms with Crippen LogP contribution >= 0.6 is 11.8 Å². The van der Waals surface area contributed by atoms with E-state index >= 15 is 0 Å². The predicted molar refractivity (Wildman–Crippen MR) is 139 cm³/mol. The zero-order chi connectivity index (χ0) is 24.1. The summed E-state index contributed by atoms with van der Waals surface area (Å²) < 4.78 is 2.01. The summed E-state index contributed by atoms with van der Waals surface area (Å²) in [5.74, 6) is 1.46. The van der Waals surface area contributed by atoms with Crippen LogP contribution in [-0.2, 0) is 12.3 Å². The van der Waals surface area contributed by atoms with Crippen LogP contribution in [0.5, 0.6) is 0 Å². The molecule has 2 N–H and O–H groups in total. The van der Waals surface area contributed by atoms with Crippen molar-refractivity contribution < 1.29 is 4.79 Å². The molecule has 0 aliphatic carbocycles. The second kappa shape index (κ2) is 10.6. The lowest BCUT2D eigenvalue weighted by atomic mass is 10.1. The van der Waals surface area contributed by atoms with Gasteiger partial charge in [-0.25, -0.2) is 4.79 Å². The number of thioether (sulfide) groups is 1. The Morgan fingerprint density at radius 1 is 0.882 bits per heavy atom. The molecule has 4 rings (SSSR count). The average molecular weight is 472 g/mol. The predicted octanol–water partition coefficient (Wildman–Crippen LogP) is 6.11. The first-order valence-corrected chi connectivity index (χ1v) is 12.2. The Morgan fingerprint density at radius 2 is 1.62 bits per heavy atom. The number of carbonyl (C=O) groups is 1. The molecule has 0 saturated carbocycles. The van der Waals surface area contributed by atoms with Crippen molar-refractivity contribution in [3.05, 3.63) is 100 Å². The lowest BCUT2D eigenvalue weighted by Crippen LogP contribution is -2.29. The van der Waals surface area contributed by atoms with Crippen LogP contribution in [0.3, 0.4) is 0 Å². The molecule has 1 heterocycles. The van der Waals surface area contributed by atoms with E-state index in [1.807, 2.05) is 42.7 Å². The number of nitrogens with one attached hydrogen (secondary N) is 2. The monoisotopic (exact) mass is 471 g/mol. The molecule has 174 valence electrons. The number of amides is 2. The Bertz CT molecular complexity index is 1300. The van der Waals surface area contributed by atoms with E-state index in [2.05, 4.69) is 77.1 Å². The average Bonchev–Trinajstić information content (AvgIpc) is 3.22. The van der Waals surface area contributed by atoms with Gasteiger partial charge in [-0.05, 0) is 62.6 Å². The van der Waals surface area contributed by atoms with E-state index in [9.17, 15) is 4.79 Å². The highest BCUT2D eigenvalue weighted by atomic mass is 32.2. The minimum Gasteiger partial charge on any atom is -0.331 e. The molecule has 0 bridgehead atoms. The van der Waals surface area contributed by atoms with Crippen LogP contribution in [0, 0.1) is 27.7 Å². The van der Waals surface area contributed by atoms with Crippen molar-refractivity contribution in [3.63, 3.8) is 0 Å². The lowest BCUT2D eigenvalue weighted by molar-refractivity contribution is 0.251. The molecule has 0 aliphatic heterocycles. The fourth-order valence-electron chi connectivity index (χ4n) is 3.66. The molecule has 0 unspecified atom stereocenters. The fourth-order valence-corrected chi connectivity index (χ4v) is 4.70. The van der Waals surface area contributed by atoms with Crippen LogP contribution in [0.15, 0.2) is 71.9 Å². The maximum atomic E-state index is 12.6. The number of aryl methyl sites for hydroxylation is 4. The van der Waals surface area contributed by atoms with Gasteiger partial charge < -0.3 is 10.6 Å². The highest BCUT2D eigenvalue weighted by Crippen LogP contribution is 2.26. The number of hydrogen-bond acceptors (Lipinski definition) is 4. The highest BCUT2D eigenvalue weighted by Gasteiger charge is 2.16. The summed E-state index contributed by atoms with van der Waals surface area (Å²) >= 11 is 1.64. The molecule has 1 aromatic heterocycles. The number of urea groups is 1. The van der Waals surface area contributed by atoms with E-state index in [0.29, 0.717) is 5.82 Å². The van der Waals surface area contributed by atoms with Gasteiger partial charge in [-0.15, -0.1) is 10.2 Å². The molecule has 7 heteroatoms. The molecule has 3 aromatic carbocycles. The lowest BCUT2D eigenvalue weighted by Gasteiger charge is -2.13.